The number of likely N-dealkylation sites (N-methyl/N-ethyl adjacent to an activating group) is 1. The van der Waals surface area contributed by atoms with Crippen LogP contribution >= 0.6 is 0 Å². The van der Waals surface area contributed by atoms with Gasteiger partial charge in [-0.25, -0.2) is 0 Å². The van der Waals surface area contributed by atoms with E-state index in [2.05, 4.69) is 20.8 Å². The van der Waals surface area contributed by atoms with Crippen molar-refractivity contribution in [3.63, 3.8) is 0 Å². The molecule has 0 aromatic rings. The molecule has 1 amide bonds. The second kappa shape index (κ2) is 8.52. The zero-order valence-corrected chi connectivity index (χ0v) is 16.5. The summed E-state index contributed by atoms with van der Waals surface area (Å²) in [4.78, 5) is 27.7. The van der Waals surface area contributed by atoms with Gasteiger partial charge in [0.25, 0.3) is 0 Å². The number of carbonyl (C=O) groups is 2. The minimum atomic E-state index is -0.784. The van der Waals surface area contributed by atoms with Crippen LogP contribution < -0.4 is 0 Å². The summed E-state index contributed by atoms with van der Waals surface area (Å²) in [6, 6.07) is 0.266. The molecule has 1 saturated heterocycles. The molecule has 1 saturated carbocycles. The summed E-state index contributed by atoms with van der Waals surface area (Å²) in [5.41, 5.74) is 0.353. The van der Waals surface area contributed by atoms with Crippen LogP contribution in [0.25, 0.3) is 0 Å². The Morgan fingerprint density at radius 3 is 2.56 bits per heavy atom. The van der Waals surface area contributed by atoms with Crippen molar-refractivity contribution in [3.05, 3.63) is 0 Å². The Hall–Kier alpha value is -1.10. The molecule has 0 bridgehead atoms. The van der Waals surface area contributed by atoms with Crippen LogP contribution in [0.3, 0.4) is 0 Å². The van der Waals surface area contributed by atoms with E-state index in [1.165, 1.54) is 12.8 Å². The third kappa shape index (κ3) is 6.28. The van der Waals surface area contributed by atoms with Gasteiger partial charge in [-0.15, -0.1) is 0 Å². The first-order valence-corrected chi connectivity index (χ1v) is 9.86. The van der Waals surface area contributed by atoms with Crippen LogP contribution in [0.2, 0.25) is 0 Å². The number of aliphatic carboxylic acids is 1. The van der Waals surface area contributed by atoms with Crippen molar-refractivity contribution in [2.75, 3.05) is 26.7 Å². The van der Waals surface area contributed by atoms with E-state index in [1.807, 2.05) is 16.8 Å². The molecule has 0 radical (unpaired) electrons. The number of hydrogen-bond acceptors (Lipinski definition) is 3. The molecule has 3 atom stereocenters. The Balaban J connectivity index is 1.85. The zero-order valence-electron chi connectivity index (χ0n) is 16.5. The molecular weight excluding hydrogens is 316 g/mol. The summed E-state index contributed by atoms with van der Waals surface area (Å²) in [5, 5.41) is 8.96. The van der Waals surface area contributed by atoms with E-state index in [9.17, 15) is 9.59 Å². The van der Waals surface area contributed by atoms with Crippen molar-refractivity contribution >= 4 is 11.9 Å². The fourth-order valence-corrected chi connectivity index (χ4v) is 5.19. The third-order valence-electron chi connectivity index (χ3n) is 6.00. The zero-order chi connectivity index (χ0) is 18.6. The molecule has 3 unspecified atom stereocenters. The quantitative estimate of drug-likeness (QED) is 0.825. The molecule has 0 spiro atoms. The number of amides is 1. The first-order chi connectivity index (χ1) is 11.7. The van der Waals surface area contributed by atoms with Gasteiger partial charge in [0.1, 0.15) is 0 Å². The van der Waals surface area contributed by atoms with Crippen LogP contribution in [0.5, 0.6) is 0 Å². The summed E-state index contributed by atoms with van der Waals surface area (Å²) in [5.74, 6) is 0.741. The monoisotopic (exact) mass is 352 g/mol. The molecule has 1 aliphatic carbocycles. The number of likely N-dealkylation sites (tertiary alicyclic amines) is 1. The molecule has 2 fully saturated rings. The highest BCUT2D eigenvalue weighted by Gasteiger charge is 2.34. The van der Waals surface area contributed by atoms with E-state index in [0.29, 0.717) is 29.6 Å². The average molecular weight is 353 g/mol. The van der Waals surface area contributed by atoms with Crippen molar-refractivity contribution in [2.45, 2.75) is 71.8 Å². The van der Waals surface area contributed by atoms with E-state index in [-0.39, 0.29) is 12.6 Å². The van der Waals surface area contributed by atoms with E-state index < -0.39 is 5.97 Å². The van der Waals surface area contributed by atoms with E-state index >= 15 is 0 Å². The largest absolute Gasteiger partial charge is 0.480 e. The number of nitrogens with zero attached hydrogens (tertiary/aromatic N) is 2. The van der Waals surface area contributed by atoms with Crippen LogP contribution in [0, 0.1) is 17.3 Å². The Morgan fingerprint density at radius 1 is 1.20 bits per heavy atom. The minimum Gasteiger partial charge on any atom is -0.480 e. The predicted octanol–water partition coefficient (Wildman–Crippen LogP) is 3.24. The van der Waals surface area contributed by atoms with Crippen LogP contribution in [0.4, 0.5) is 0 Å². The summed E-state index contributed by atoms with van der Waals surface area (Å²) in [6.07, 6.45) is 7.09. The van der Waals surface area contributed by atoms with E-state index in [1.54, 1.807) is 0 Å². The first-order valence-electron chi connectivity index (χ1n) is 9.86. The fraction of sp³-hybridized carbons (Fsp3) is 0.900. The second-order valence-corrected chi connectivity index (χ2v) is 9.26. The van der Waals surface area contributed by atoms with Gasteiger partial charge in [-0.2, -0.15) is 0 Å². The summed E-state index contributed by atoms with van der Waals surface area (Å²) in [6.45, 7) is 8.63. The van der Waals surface area contributed by atoms with E-state index in [0.717, 1.165) is 38.8 Å². The van der Waals surface area contributed by atoms with Crippen molar-refractivity contribution < 1.29 is 14.7 Å². The lowest BCUT2D eigenvalue weighted by molar-refractivity contribution is -0.138. The summed E-state index contributed by atoms with van der Waals surface area (Å²) < 4.78 is 0. The fourth-order valence-electron chi connectivity index (χ4n) is 5.19. The molecule has 0 aromatic carbocycles. The highest BCUT2D eigenvalue weighted by molar-refractivity contribution is 5.76. The van der Waals surface area contributed by atoms with Crippen LogP contribution in [-0.2, 0) is 9.59 Å². The standard InChI is InChI=1S/C20H36N2O3/c1-15-10-16(13-20(2,3)12-15)11-18(23)22-8-5-6-17(7-9-22)21(4)14-19(24)25/h15-17H,5-14H2,1-4H3,(H,24,25). The lowest BCUT2D eigenvalue weighted by Crippen LogP contribution is -2.38. The molecule has 144 valence electrons. The van der Waals surface area contributed by atoms with Crippen LogP contribution in [-0.4, -0.2) is 59.5 Å². The lowest BCUT2D eigenvalue weighted by Gasteiger charge is -2.39. The van der Waals surface area contributed by atoms with Gasteiger partial charge in [0.05, 0.1) is 6.54 Å². The molecule has 25 heavy (non-hydrogen) atoms. The first kappa shape index (κ1) is 20.2. The lowest BCUT2D eigenvalue weighted by atomic mass is 9.67. The SMILES string of the molecule is CC1CC(CC(=O)N2CCCC(N(C)CC(=O)O)CC2)CC(C)(C)C1. The maximum Gasteiger partial charge on any atom is 0.317 e. The smallest absolute Gasteiger partial charge is 0.317 e. The van der Waals surface area contributed by atoms with Crippen molar-refractivity contribution in [3.8, 4) is 0 Å². The minimum absolute atomic E-state index is 0.0770. The third-order valence-corrected chi connectivity index (χ3v) is 6.00. The number of rotatable bonds is 5. The molecule has 1 N–H and O–H groups in total. The Bertz CT molecular complexity index is 478. The Labute approximate surface area is 152 Å². The van der Waals surface area contributed by atoms with Crippen molar-refractivity contribution in [1.29, 1.82) is 0 Å². The molecule has 2 aliphatic rings. The molecule has 5 nitrogen and oxygen atoms in total. The normalized spacial score (nSPS) is 30.1. The number of hydrogen-bond donors (Lipinski definition) is 1. The maximum atomic E-state index is 12.8. The Morgan fingerprint density at radius 2 is 1.92 bits per heavy atom. The molecule has 1 aliphatic heterocycles. The van der Waals surface area contributed by atoms with Gasteiger partial charge in [0.2, 0.25) is 5.91 Å². The summed E-state index contributed by atoms with van der Waals surface area (Å²) in [7, 11) is 1.88. The van der Waals surface area contributed by atoms with Crippen LogP contribution in [0.1, 0.15) is 65.7 Å². The number of carboxylic acid groups (broad SMARTS) is 1. The second-order valence-electron chi connectivity index (χ2n) is 9.26. The highest BCUT2D eigenvalue weighted by Crippen LogP contribution is 2.43. The van der Waals surface area contributed by atoms with Crippen molar-refractivity contribution in [2.24, 2.45) is 17.3 Å². The van der Waals surface area contributed by atoms with Gasteiger partial charge in [0.15, 0.2) is 0 Å². The van der Waals surface area contributed by atoms with E-state index in [4.69, 9.17) is 5.11 Å². The molecule has 0 aromatic heterocycles. The van der Waals surface area contributed by atoms with Crippen LogP contribution in [0.15, 0.2) is 0 Å². The molecule has 1 heterocycles. The van der Waals surface area contributed by atoms with Gasteiger partial charge < -0.3 is 10.0 Å². The van der Waals surface area contributed by atoms with Gasteiger partial charge in [-0.1, -0.05) is 20.8 Å². The molecule has 5 heteroatoms. The maximum absolute atomic E-state index is 12.8. The van der Waals surface area contributed by atoms with Crippen molar-refractivity contribution in [1.82, 2.24) is 9.80 Å². The van der Waals surface area contributed by atoms with Gasteiger partial charge >= 0.3 is 5.97 Å². The molecule has 2 rings (SSSR count). The van der Waals surface area contributed by atoms with Gasteiger partial charge in [-0.05, 0) is 62.8 Å². The van der Waals surface area contributed by atoms with Gasteiger partial charge in [-0.3, -0.25) is 14.5 Å². The highest BCUT2D eigenvalue weighted by atomic mass is 16.4. The topological polar surface area (TPSA) is 60.9 Å². The number of carbonyl (C=O) groups excluding carboxylic acids is 1. The van der Waals surface area contributed by atoms with Gasteiger partial charge in [0, 0.05) is 25.6 Å². The predicted molar refractivity (Wildman–Crippen MR) is 99.4 cm³/mol. The average Bonchev–Trinajstić information content (AvgIpc) is 2.70. The number of carboxylic acids is 1. The molecular formula is C20H36N2O3. The summed E-state index contributed by atoms with van der Waals surface area (Å²) >= 11 is 0. The Kier molecular flexibility index (Phi) is 6.89.